The molecule has 1 aromatic rings. The van der Waals surface area contributed by atoms with Crippen LogP contribution in [0.3, 0.4) is 0 Å². The van der Waals surface area contributed by atoms with Crippen LogP contribution in [0, 0.1) is 17.8 Å². The molecule has 3 atom stereocenters. The first-order chi connectivity index (χ1) is 11.1. The second-order valence-corrected chi connectivity index (χ2v) is 8.22. The summed E-state index contributed by atoms with van der Waals surface area (Å²) < 4.78 is 0.987. The number of hydrogen-bond acceptors (Lipinski definition) is 2. The Balaban J connectivity index is 1.88. The van der Waals surface area contributed by atoms with Gasteiger partial charge in [0.05, 0.1) is 0 Å². The topological polar surface area (TPSA) is 42.0 Å². The van der Waals surface area contributed by atoms with Crippen molar-refractivity contribution >= 4 is 27.7 Å². The molecule has 0 bridgehead atoms. The lowest BCUT2D eigenvalue weighted by Gasteiger charge is -2.34. The van der Waals surface area contributed by atoms with E-state index in [4.69, 9.17) is 0 Å². The predicted molar refractivity (Wildman–Crippen MR) is 97.4 cm³/mol. The molecule has 1 fully saturated rings. The molecule has 1 aliphatic heterocycles. The van der Waals surface area contributed by atoms with Crippen LogP contribution in [0.15, 0.2) is 16.7 Å². The van der Waals surface area contributed by atoms with Crippen LogP contribution < -0.4 is 5.32 Å². The van der Waals surface area contributed by atoms with Gasteiger partial charge in [0, 0.05) is 16.6 Å². The first-order valence-electron chi connectivity index (χ1n) is 9.10. The second-order valence-electron chi connectivity index (χ2n) is 7.30. The molecule has 126 valence electrons. The lowest BCUT2D eigenvalue weighted by Crippen LogP contribution is -2.36. The number of rotatable bonds is 0. The zero-order valence-corrected chi connectivity index (χ0v) is 15.6. The number of amides is 1. The third-order valence-corrected chi connectivity index (χ3v) is 6.04. The number of anilines is 1. The minimum atomic E-state index is 0.154. The minimum absolute atomic E-state index is 0.154. The van der Waals surface area contributed by atoms with Gasteiger partial charge in [-0.05, 0) is 58.7 Å². The van der Waals surface area contributed by atoms with E-state index in [0.29, 0.717) is 11.8 Å². The molecule has 1 aliphatic carbocycles. The largest absolute Gasteiger partial charge is 0.310 e. The van der Waals surface area contributed by atoms with Crippen molar-refractivity contribution in [2.45, 2.75) is 64.7 Å². The van der Waals surface area contributed by atoms with Crippen LogP contribution in [0.4, 0.5) is 5.82 Å². The van der Waals surface area contributed by atoms with Gasteiger partial charge in [-0.1, -0.05) is 45.4 Å². The van der Waals surface area contributed by atoms with Crippen LogP contribution in [0.25, 0.3) is 0 Å². The van der Waals surface area contributed by atoms with Gasteiger partial charge < -0.3 is 5.32 Å². The first-order valence-corrected chi connectivity index (χ1v) is 9.89. The summed E-state index contributed by atoms with van der Waals surface area (Å²) in [5.74, 6) is 2.14. The number of carbonyl (C=O) groups is 1. The highest BCUT2D eigenvalue weighted by Crippen LogP contribution is 2.37. The molecule has 1 aromatic heterocycles. The maximum Gasteiger partial charge on any atom is 0.228 e. The van der Waals surface area contributed by atoms with E-state index in [9.17, 15) is 4.79 Å². The van der Waals surface area contributed by atoms with Crippen molar-refractivity contribution in [1.29, 1.82) is 0 Å². The van der Waals surface area contributed by atoms with Crippen molar-refractivity contribution in [1.82, 2.24) is 4.98 Å². The fourth-order valence-electron chi connectivity index (χ4n) is 4.33. The molecule has 1 N–H and O–H groups in total. The number of pyridine rings is 1. The quantitative estimate of drug-likeness (QED) is 0.661. The van der Waals surface area contributed by atoms with Crippen molar-refractivity contribution < 1.29 is 4.79 Å². The van der Waals surface area contributed by atoms with E-state index in [1.807, 2.05) is 0 Å². The van der Waals surface area contributed by atoms with E-state index in [1.54, 1.807) is 6.20 Å². The van der Waals surface area contributed by atoms with Gasteiger partial charge in [-0.3, -0.25) is 4.79 Å². The SMILES string of the molecule is CC1Cc2cc(Br)cnc2NC(=O)C2CCCCCCCCC12. The number of hydrogen-bond donors (Lipinski definition) is 1. The number of aromatic nitrogens is 1. The van der Waals surface area contributed by atoms with Crippen LogP contribution >= 0.6 is 15.9 Å². The third kappa shape index (κ3) is 4.14. The Hall–Kier alpha value is -0.900. The standard InChI is InChI=1S/C19H27BrN2O/c1-13-10-14-11-15(20)12-21-18(14)22-19(23)17-9-7-5-3-2-4-6-8-16(13)17/h11-13,16-17H,2-10H2,1H3,(H,21,22,23). The van der Waals surface area contributed by atoms with Crippen molar-refractivity contribution in [2.24, 2.45) is 17.8 Å². The smallest absolute Gasteiger partial charge is 0.228 e. The Kier molecular flexibility index (Phi) is 5.73. The van der Waals surface area contributed by atoms with E-state index < -0.39 is 0 Å². The van der Waals surface area contributed by atoms with Gasteiger partial charge in [0.1, 0.15) is 5.82 Å². The summed E-state index contributed by atoms with van der Waals surface area (Å²) in [7, 11) is 0. The Bertz CT molecular complexity index is 560. The Labute approximate surface area is 147 Å². The van der Waals surface area contributed by atoms with Crippen molar-refractivity contribution in [3.05, 3.63) is 22.3 Å². The molecule has 23 heavy (non-hydrogen) atoms. The van der Waals surface area contributed by atoms with Gasteiger partial charge >= 0.3 is 0 Å². The highest BCUT2D eigenvalue weighted by atomic mass is 79.9. The van der Waals surface area contributed by atoms with Gasteiger partial charge in [0.25, 0.3) is 0 Å². The van der Waals surface area contributed by atoms with Crippen LogP contribution in [0.5, 0.6) is 0 Å². The van der Waals surface area contributed by atoms with E-state index in [0.717, 1.165) is 28.7 Å². The summed E-state index contributed by atoms with van der Waals surface area (Å²) in [4.78, 5) is 17.3. The van der Waals surface area contributed by atoms with Crippen LogP contribution in [-0.4, -0.2) is 10.9 Å². The third-order valence-electron chi connectivity index (χ3n) is 5.60. The van der Waals surface area contributed by atoms with Crippen LogP contribution in [-0.2, 0) is 11.2 Å². The molecule has 0 saturated heterocycles. The van der Waals surface area contributed by atoms with Gasteiger partial charge in [0.15, 0.2) is 0 Å². The van der Waals surface area contributed by atoms with E-state index >= 15 is 0 Å². The Morgan fingerprint density at radius 2 is 1.83 bits per heavy atom. The minimum Gasteiger partial charge on any atom is -0.310 e. The van der Waals surface area contributed by atoms with E-state index in [2.05, 4.69) is 39.2 Å². The number of carbonyl (C=O) groups excluding carboxylic acids is 1. The molecule has 0 spiro atoms. The molecule has 0 aromatic carbocycles. The maximum atomic E-state index is 12.9. The molecule has 1 amide bonds. The fourth-order valence-corrected chi connectivity index (χ4v) is 4.71. The highest BCUT2D eigenvalue weighted by Gasteiger charge is 2.34. The van der Waals surface area contributed by atoms with Crippen LogP contribution in [0.2, 0.25) is 0 Å². The molecule has 3 rings (SSSR count). The maximum absolute atomic E-state index is 12.9. The summed E-state index contributed by atoms with van der Waals surface area (Å²) in [5, 5.41) is 3.12. The highest BCUT2D eigenvalue weighted by molar-refractivity contribution is 9.10. The lowest BCUT2D eigenvalue weighted by atomic mass is 9.73. The van der Waals surface area contributed by atoms with Crippen molar-refractivity contribution in [2.75, 3.05) is 5.32 Å². The van der Waals surface area contributed by atoms with Gasteiger partial charge in [-0.25, -0.2) is 4.98 Å². The number of nitrogens with zero attached hydrogens (tertiary/aromatic N) is 1. The molecule has 3 nitrogen and oxygen atoms in total. The monoisotopic (exact) mass is 378 g/mol. The average molecular weight is 379 g/mol. The number of halogens is 1. The molecular weight excluding hydrogens is 352 g/mol. The Morgan fingerprint density at radius 1 is 1.13 bits per heavy atom. The summed E-state index contributed by atoms with van der Waals surface area (Å²) in [6.07, 6.45) is 12.7. The fraction of sp³-hybridized carbons (Fsp3) is 0.684. The molecule has 4 heteroatoms. The van der Waals surface area contributed by atoms with Gasteiger partial charge in [-0.2, -0.15) is 0 Å². The first kappa shape index (κ1) is 16.9. The summed E-state index contributed by atoms with van der Waals surface area (Å²) in [6.45, 7) is 2.33. The molecule has 0 radical (unpaired) electrons. The summed E-state index contributed by atoms with van der Waals surface area (Å²) in [6, 6.07) is 2.11. The van der Waals surface area contributed by atoms with Crippen molar-refractivity contribution in [3.63, 3.8) is 0 Å². The second kappa shape index (κ2) is 7.78. The molecule has 3 unspecified atom stereocenters. The van der Waals surface area contributed by atoms with Gasteiger partial charge in [0.2, 0.25) is 5.91 Å². The molecule has 2 aliphatic rings. The summed E-state index contributed by atoms with van der Waals surface area (Å²) >= 11 is 3.51. The van der Waals surface area contributed by atoms with E-state index in [1.165, 1.54) is 44.9 Å². The average Bonchev–Trinajstić information content (AvgIpc) is 2.53. The normalized spacial score (nSPS) is 29.5. The van der Waals surface area contributed by atoms with Crippen LogP contribution in [0.1, 0.15) is 63.9 Å². The predicted octanol–water partition coefficient (Wildman–Crippen LogP) is 5.34. The van der Waals surface area contributed by atoms with Crippen molar-refractivity contribution in [3.8, 4) is 0 Å². The summed E-state index contributed by atoms with van der Waals surface area (Å²) in [5.41, 5.74) is 1.16. The molecular formula is C19H27BrN2O. The number of nitrogens with one attached hydrogen (secondary N) is 1. The molecule has 2 heterocycles. The zero-order chi connectivity index (χ0) is 16.2. The Morgan fingerprint density at radius 3 is 2.61 bits per heavy atom. The van der Waals surface area contributed by atoms with E-state index in [-0.39, 0.29) is 11.8 Å². The number of fused-ring (bicyclic) bond motifs is 2. The lowest BCUT2D eigenvalue weighted by molar-refractivity contribution is -0.122. The molecule has 1 saturated carbocycles. The van der Waals surface area contributed by atoms with Gasteiger partial charge in [-0.15, -0.1) is 0 Å². The zero-order valence-electron chi connectivity index (χ0n) is 14.0.